The van der Waals surface area contributed by atoms with E-state index in [2.05, 4.69) is 60.4 Å². The summed E-state index contributed by atoms with van der Waals surface area (Å²) < 4.78 is 5.47. The number of hydrogen-bond acceptors (Lipinski definition) is 2. The molecule has 0 saturated carbocycles. The molecule has 2 heteroatoms. The van der Waals surface area contributed by atoms with Crippen LogP contribution in [-0.2, 0) is 11.2 Å². The summed E-state index contributed by atoms with van der Waals surface area (Å²) in [6.07, 6.45) is 0.994. The van der Waals surface area contributed by atoms with Crippen molar-refractivity contribution in [3.63, 3.8) is 0 Å². The number of hydrogen-bond donors (Lipinski definition) is 0. The second-order valence-corrected chi connectivity index (χ2v) is 5.39. The summed E-state index contributed by atoms with van der Waals surface area (Å²) in [6, 6.07) is 17.5. The highest BCUT2D eigenvalue weighted by Gasteiger charge is 2.15. The summed E-state index contributed by atoms with van der Waals surface area (Å²) in [5, 5.41) is 0. The number of anilines is 1. The minimum Gasteiger partial charge on any atom is -0.378 e. The fraction of sp³-hybridized carbons (Fsp3) is 0.333. The Morgan fingerprint density at radius 1 is 1.00 bits per heavy atom. The molecule has 0 bridgehead atoms. The molecule has 0 aliphatic carbocycles. The van der Waals surface area contributed by atoms with E-state index in [1.807, 2.05) is 0 Å². The van der Waals surface area contributed by atoms with Crippen molar-refractivity contribution < 1.29 is 4.74 Å². The van der Waals surface area contributed by atoms with E-state index in [4.69, 9.17) is 4.74 Å². The molecule has 0 aromatic heterocycles. The maximum absolute atomic E-state index is 5.47. The van der Waals surface area contributed by atoms with Crippen LogP contribution in [0, 0.1) is 6.92 Å². The van der Waals surface area contributed by atoms with Crippen LogP contribution in [0.15, 0.2) is 48.5 Å². The quantitative estimate of drug-likeness (QED) is 0.845. The molecule has 0 amide bonds. The monoisotopic (exact) mass is 267 g/mol. The summed E-state index contributed by atoms with van der Waals surface area (Å²) in [5.41, 5.74) is 5.47. The fourth-order valence-corrected chi connectivity index (χ4v) is 2.74. The zero-order chi connectivity index (χ0) is 13.8. The van der Waals surface area contributed by atoms with Crippen LogP contribution in [0.3, 0.4) is 0 Å². The van der Waals surface area contributed by atoms with Crippen LogP contribution in [0.2, 0.25) is 0 Å². The van der Waals surface area contributed by atoms with Gasteiger partial charge in [-0.1, -0.05) is 42.5 Å². The number of nitrogens with zero attached hydrogens (tertiary/aromatic N) is 1. The highest BCUT2D eigenvalue weighted by atomic mass is 16.5. The Hall–Kier alpha value is -1.80. The Labute approximate surface area is 121 Å². The van der Waals surface area contributed by atoms with Crippen LogP contribution < -0.4 is 4.90 Å². The molecule has 2 nitrogen and oxygen atoms in total. The van der Waals surface area contributed by atoms with Crippen molar-refractivity contribution in [2.24, 2.45) is 0 Å². The molecular weight excluding hydrogens is 246 g/mol. The lowest BCUT2D eigenvalue weighted by Gasteiger charge is -2.31. The normalized spacial score (nSPS) is 15.3. The van der Waals surface area contributed by atoms with E-state index in [1.165, 1.54) is 22.4 Å². The van der Waals surface area contributed by atoms with E-state index >= 15 is 0 Å². The number of aryl methyl sites for hydroxylation is 1. The molecule has 1 saturated heterocycles. The largest absolute Gasteiger partial charge is 0.378 e. The number of morpholine rings is 1. The zero-order valence-corrected chi connectivity index (χ0v) is 12.0. The van der Waals surface area contributed by atoms with Crippen LogP contribution in [0.4, 0.5) is 5.69 Å². The van der Waals surface area contributed by atoms with Gasteiger partial charge >= 0.3 is 0 Å². The Bertz CT molecular complexity index is 559. The average molecular weight is 267 g/mol. The second-order valence-electron chi connectivity index (χ2n) is 5.39. The Morgan fingerprint density at radius 3 is 2.50 bits per heavy atom. The number of benzene rings is 2. The molecule has 0 N–H and O–H groups in total. The first-order valence-electron chi connectivity index (χ1n) is 7.29. The van der Waals surface area contributed by atoms with Crippen molar-refractivity contribution in [3.8, 4) is 0 Å². The fourth-order valence-electron chi connectivity index (χ4n) is 2.74. The lowest BCUT2D eigenvalue weighted by atomic mass is 10.0. The first-order chi connectivity index (χ1) is 9.83. The Kier molecular flexibility index (Phi) is 4.03. The van der Waals surface area contributed by atoms with E-state index in [0.717, 1.165) is 32.7 Å². The molecular formula is C18H21NO. The van der Waals surface area contributed by atoms with E-state index in [1.54, 1.807) is 0 Å². The highest BCUT2D eigenvalue weighted by molar-refractivity contribution is 5.57. The van der Waals surface area contributed by atoms with Gasteiger partial charge in [0.1, 0.15) is 0 Å². The van der Waals surface area contributed by atoms with Crippen LogP contribution in [0.1, 0.15) is 16.7 Å². The van der Waals surface area contributed by atoms with Crippen LogP contribution >= 0.6 is 0 Å². The maximum atomic E-state index is 5.47. The lowest BCUT2D eigenvalue weighted by Crippen LogP contribution is -2.36. The van der Waals surface area contributed by atoms with Gasteiger partial charge in [-0.25, -0.2) is 0 Å². The van der Waals surface area contributed by atoms with E-state index in [-0.39, 0.29) is 0 Å². The van der Waals surface area contributed by atoms with Gasteiger partial charge < -0.3 is 9.64 Å². The average Bonchev–Trinajstić information content (AvgIpc) is 2.51. The minimum atomic E-state index is 0.832. The molecule has 0 unspecified atom stereocenters. The van der Waals surface area contributed by atoms with Gasteiger partial charge in [0, 0.05) is 18.8 Å². The molecule has 2 aromatic rings. The molecule has 0 radical (unpaired) electrons. The van der Waals surface area contributed by atoms with Crippen LogP contribution in [0.5, 0.6) is 0 Å². The van der Waals surface area contributed by atoms with Gasteiger partial charge in [-0.15, -0.1) is 0 Å². The lowest BCUT2D eigenvalue weighted by molar-refractivity contribution is 0.122. The molecule has 3 rings (SSSR count). The predicted octanol–water partition coefficient (Wildman–Crippen LogP) is 3.42. The maximum Gasteiger partial charge on any atom is 0.0642 e. The first kappa shape index (κ1) is 13.2. The van der Waals surface area contributed by atoms with Crippen molar-refractivity contribution in [1.82, 2.24) is 0 Å². The summed E-state index contributed by atoms with van der Waals surface area (Å²) in [6.45, 7) is 5.81. The molecule has 1 heterocycles. The van der Waals surface area contributed by atoms with E-state index < -0.39 is 0 Å². The first-order valence-corrected chi connectivity index (χ1v) is 7.29. The van der Waals surface area contributed by atoms with Gasteiger partial charge in [0.2, 0.25) is 0 Å². The van der Waals surface area contributed by atoms with Gasteiger partial charge in [0.15, 0.2) is 0 Å². The van der Waals surface area contributed by atoms with E-state index in [0.29, 0.717) is 0 Å². The molecule has 0 spiro atoms. The van der Waals surface area contributed by atoms with Gasteiger partial charge in [0.05, 0.1) is 13.2 Å². The third-order valence-electron chi connectivity index (χ3n) is 3.83. The molecule has 20 heavy (non-hydrogen) atoms. The van der Waals surface area contributed by atoms with Gasteiger partial charge in [-0.05, 0) is 36.1 Å². The summed E-state index contributed by atoms with van der Waals surface area (Å²) in [7, 11) is 0. The smallest absolute Gasteiger partial charge is 0.0642 e. The summed E-state index contributed by atoms with van der Waals surface area (Å²) in [5.74, 6) is 0. The van der Waals surface area contributed by atoms with Crippen LogP contribution in [0.25, 0.3) is 0 Å². The molecule has 1 aliphatic rings. The number of rotatable bonds is 3. The Morgan fingerprint density at radius 2 is 1.75 bits per heavy atom. The molecule has 2 aromatic carbocycles. The van der Waals surface area contributed by atoms with Crippen molar-refractivity contribution in [1.29, 1.82) is 0 Å². The summed E-state index contributed by atoms with van der Waals surface area (Å²) >= 11 is 0. The van der Waals surface area contributed by atoms with Crippen LogP contribution in [-0.4, -0.2) is 26.3 Å². The van der Waals surface area contributed by atoms with Crippen molar-refractivity contribution in [3.05, 3.63) is 65.2 Å². The van der Waals surface area contributed by atoms with Gasteiger partial charge in [-0.2, -0.15) is 0 Å². The third kappa shape index (κ3) is 3.02. The number of ether oxygens (including phenoxy) is 1. The standard InChI is InChI=1S/C18H21NO/c1-15-7-8-17(14-16-5-3-2-4-6-16)18(13-15)19-9-11-20-12-10-19/h2-8,13H,9-12,14H2,1H3. The predicted molar refractivity (Wildman–Crippen MR) is 83.5 cm³/mol. The minimum absolute atomic E-state index is 0.832. The SMILES string of the molecule is Cc1ccc(Cc2ccccc2)c(N2CCOCC2)c1. The second kappa shape index (κ2) is 6.10. The third-order valence-corrected chi connectivity index (χ3v) is 3.83. The zero-order valence-electron chi connectivity index (χ0n) is 12.0. The molecule has 1 aliphatic heterocycles. The Balaban J connectivity index is 1.89. The summed E-state index contributed by atoms with van der Waals surface area (Å²) in [4.78, 5) is 2.45. The molecule has 0 atom stereocenters. The molecule has 1 fully saturated rings. The van der Waals surface area contributed by atoms with Gasteiger partial charge in [-0.3, -0.25) is 0 Å². The van der Waals surface area contributed by atoms with Crippen molar-refractivity contribution >= 4 is 5.69 Å². The van der Waals surface area contributed by atoms with Crippen molar-refractivity contribution in [2.45, 2.75) is 13.3 Å². The van der Waals surface area contributed by atoms with E-state index in [9.17, 15) is 0 Å². The highest BCUT2D eigenvalue weighted by Crippen LogP contribution is 2.25. The topological polar surface area (TPSA) is 12.5 Å². The molecule has 104 valence electrons. The van der Waals surface area contributed by atoms with Crippen molar-refractivity contribution in [2.75, 3.05) is 31.2 Å². The van der Waals surface area contributed by atoms with Gasteiger partial charge in [0.25, 0.3) is 0 Å².